The van der Waals surface area contributed by atoms with E-state index in [1.807, 2.05) is 0 Å². The Hall–Kier alpha value is -3.99. The molecule has 1 heterocycles. The zero-order valence-electron chi connectivity index (χ0n) is 16.6. The Balaban J connectivity index is 1.65. The number of carbonyl (C=O) groups is 3. The molecule has 2 amide bonds. The van der Waals surface area contributed by atoms with Gasteiger partial charge in [-0.1, -0.05) is 17.7 Å². The minimum atomic E-state index is -1.14. The Labute approximate surface area is 187 Å². The second-order valence-electron chi connectivity index (χ2n) is 6.63. The van der Waals surface area contributed by atoms with Crippen molar-refractivity contribution < 1.29 is 29.0 Å². The number of fused-ring (bicyclic) bond motifs is 1. The predicted octanol–water partition coefficient (Wildman–Crippen LogP) is 1.44. The van der Waals surface area contributed by atoms with Crippen LogP contribution in [0.3, 0.4) is 0 Å². The van der Waals surface area contributed by atoms with E-state index in [9.17, 15) is 19.5 Å². The van der Waals surface area contributed by atoms with Gasteiger partial charge in [0.2, 0.25) is 12.7 Å². The molecule has 0 aromatic heterocycles. The summed E-state index contributed by atoms with van der Waals surface area (Å²) in [6.07, 6.45) is 0.837. The number of carbonyl (C=O) groups excluding carboxylic acids is 2. The molecular formula is C20H20ClN5O6. The molecule has 0 fully saturated rings. The molecule has 11 nitrogen and oxygen atoms in total. The fourth-order valence-corrected chi connectivity index (χ4v) is 3.27. The van der Waals surface area contributed by atoms with E-state index in [4.69, 9.17) is 26.9 Å². The maximum Gasteiger partial charge on any atom is 0.305 e. The third-order valence-corrected chi connectivity index (χ3v) is 4.75. The quantitative estimate of drug-likeness (QED) is 0.162. The molecule has 0 spiro atoms. The van der Waals surface area contributed by atoms with Crippen LogP contribution in [0, 0.1) is 0 Å². The van der Waals surface area contributed by atoms with E-state index in [2.05, 4.69) is 21.1 Å². The van der Waals surface area contributed by atoms with Gasteiger partial charge in [0.25, 0.3) is 5.91 Å². The number of nitrogens with two attached hydrogens (primary N) is 1. The highest BCUT2D eigenvalue weighted by atomic mass is 35.5. The van der Waals surface area contributed by atoms with Crippen molar-refractivity contribution >= 4 is 41.4 Å². The highest BCUT2D eigenvalue weighted by Crippen LogP contribution is 2.39. The Morgan fingerprint density at radius 2 is 1.97 bits per heavy atom. The lowest BCUT2D eigenvalue weighted by atomic mass is 10.0. The molecule has 2 aromatic carbocycles. The first kappa shape index (κ1) is 22.7. The third-order valence-electron chi connectivity index (χ3n) is 4.42. The lowest BCUT2D eigenvalue weighted by Gasteiger charge is -2.19. The number of nitrogens with one attached hydrogen (secondary N) is 3. The fraction of sp³-hybridized carbons (Fsp3) is 0.200. The number of hydrogen-bond donors (Lipinski definition) is 5. The highest BCUT2D eigenvalue weighted by Gasteiger charge is 2.25. The van der Waals surface area contributed by atoms with Crippen molar-refractivity contribution in [3.05, 3.63) is 52.5 Å². The number of halogens is 1. The van der Waals surface area contributed by atoms with Crippen LogP contribution in [0.1, 0.15) is 28.4 Å². The number of carboxylic acid groups (broad SMARTS) is 1. The van der Waals surface area contributed by atoms with E-state index >= 15 is 0 Å². The van der Waals surface area contributed by atoms with Crippen molar-refractivity contribution in [2.45, 2.75) is 12.5 Å². The topological polar surface area (TPSA) is 164 Å². The van der Waals surface area contributed by atoms with Crippen molar-refractivity contribution in [1.29, 1.82) is 0 Å². The molecule has 12 heteroatoms. The molecule has 1 aliphatic heterocycles. The molecule has 0 bridgehead atoms. The van der Waals surface area contributed by atoms with E-state index in [0.717, 1.165) is 0 Å². The van der Waals surface area contributed by atoms with Gasteiger partial charge in [0.05, 0.1) is 19.0 Å². The van der Waals surface area contributed by atoms with Gasteiger partial charge in [0, 0.05) is 22.3 Å². The largest absolute Gasteiger partial charge is 0.481 e. The second kappa shape index (κ2) is 10.4. The van der Waals surface area contributed by atoms with E-state index in [1.165, 1.54) is 18.5 Å². The van der Waals surface area contributed by atoms with Gasteiger partial charge in [0.15, 0.2) is 11.5 Å². The molecule has 0 aliphatic carbocycles. The summed E-state index contributed by atoms with van der Waals surface area (Å²) in [4.78, 5) is 36.1. The Morgan fingerprint density at radius 3 is 2.69 bits per heavy atom. The van der Waals surface area contributed by atoms with E-state index in [-0.39, 0.29) is 18.4 Å². The molecule has 0 saturated heterocycles. The smallest absolute Gasteiger partial charge is 0.305 e. The zero-order chi connectivity index (χ0) is 23.1. The van der Waals surface area contributed by atoms with Crippen LogP contribution in [-0.2, 0) is 9.59 Å². The Bertz CT molecular complexity index is 1060. The van der Waals surface area contributed by atoms with Gasteiger partial charge >= 0.3 is 5.97 Å². The molecule has 0 radical (unpaired) electrons. The summed E-state index contributed by atoms with van der Waals surface area (Å²) in [6, 6.07) is 8.55. The molecule has 2 aromatic rings. The average Bonchev–Trinajstić information content (AvgIpc) is 3.22. The summed E-state index contributed by atoms with van der Waals surface area (Å²) in [7, 11) is 0. The van der Waals surface area contributed by atoms with Crippen molar-refractivity contribution in [3.63, 3.8) is 0 Å². The summed E-state index contributed by atoms with van der Waals surface area (Å²) in [5.41, 5.74) is 1.24. The minimum absolute atomic E-state index is 0.0207. The normalized spacial score (nSPS) is 12.9. The molecule has 1 atom stereocenters. The number of hydrogen-bond acceptors (Lipinski definition) is 7. The van der Waals surface area contributed by atoms with Gasteiger partial charge in [-0.3, -0.25) is 14.4 Å². The molecule has 6 N–H and O–H groups in total. The maximum absolute atomic E-state index is 12.4. The number of nitrogens with zero attached hydrogens (tertiary/aromatic N) is 1. The van der Waals surface area contributed by atoms with E-state index < -0.39 is 30.2 Å². The number of ether oxygens (including phenoxy) is 2. The first-order valence-corrected chi connectivity index (χ1v) is 9.72. The number of rotatable bonds is 9. The molecular weight excluding hydrogens is 442 g/mol. The molecule has 3 rings (SSSR count). The minimum Gasteiger partial charge on any atom is -0.481 e. The molecule has 168 valence electrons. The first-order chi connectivity index (χ1) is 15.4. The van der Waals surface area contributed by atoms with Crippen molar-refractivity contribution in [3.8, 4) is 11.5 Å². The zero-order valence-corrected chi connectivity index (χ0v) is 17.4. The van der Waals surface area contributed by atoms with Crippen LogP contribution >= 0.6 is 11.6 Å². The van der Waals surface area contributed by atoms with Gasteiger partial charge in [-0.25, -0.2) is 0 Å². The average molecular weight is 462 g/mol. The number of benzene rings is 2. The van der Waals surface area contributed by atoms with Crippen LogP contribution in [0.4, 0.5) is 5.69 Å². The van der Waals surface area contributed by atoms with Crippen LogP contribution < -0.4 is 31.3 Å². The number of carboxylic acids is 1. The number of aliphatic carboxylic acids is 1. The van der Waals surface area contributed by atoms with Crippen molar-refractivity contribution in [2.75, 3.05) is 18.7 Å². The van der Waals surface area contributed by atoms with Gasteiger partial charge in [-0.05, 0) is 29.8 Å². The van der Waals surface area contributed by atoms with Crippen LogP contribution in [0.5, 0.6) is 11.5 Å². The van der Waals surface area contributed by atoms with Gasteiger partial charge in [-0.15, -0.1) is 0 Å². The molecule has 1 unspecified atom stereocenters. The molecule has 0 saturated carbocycles. The van der Waals surface area contributed by atoms with Gasteiger partial charge < -0.3 is 36.4 Å². The Morgan fingerprint density at radius 1 is 1.22 bits per heavy atom. The lowest BCUT2D eigenvalue weighted by molar-refractivity contribution is -0.137. The van der Waals surface area contributed by atoms with Gasteiger partial charge in [0.1, 0.15) is 6.34 Å². The summed E-state index contributed by atoms with van der Waals surface area (Å²) < 4.78 is 10.5. The summed E-state index contributed by atoms with van der Waals surface area (Å²) in [6.45, 7) is -0.355. The standard InChI is InChI=1S/C20H20ClN5O6/c21-14-6-17-16(31-10-32-17)5-13(14)15(7-19(28)29)26-18(27)8-23-20(30)11-2-1-3-12(4-11)24-9-25-22/h1-6,9,15H,7-8,10,22H2,(H,23,30)(H,24,25)(H,26,27)(H,28,29). The SMILES string of the molecule is NN=CNc1cccc(C(=O)NCC(=O)NC(CC(=O)O)c2cc3c(cc2Cl)OCO3)c1. The Kier molecular flexibility index (Phi) is 7.34. The maximum atomic E-state index is 12.4. The van der Waals surface area contributed by atoms with Crippen molar-refractivity contribution in [2.24, 2.45) is 10.9 Å². The number of hydrazone groups is 1. The fourth-order valence-electron chi connectivity index (χ4n) is 2.98. The third kappa shape index (κ3) is 5.79. The van der Waals surface area contributed by atoms with Crippen molar-refractivity contribution in [1.82, 2.24) is 10.6 Å². The molecule has 32 heavy (non-hydrogen) atoms. The number of amides is 2. The second-order valence-corrected chi connectivity index (χ2v) is 7.04. The van der Waals surface area contributed by atoms with Crippen LogP contribution in [0.2, 0.25) is 5.02 Å². The highest BCUT2D eigenvalue weighted by molar-refractivity contribution is 6.31. The first-order valence-electron chi connectivity index (χ1n) is 9.34. The van der Waals surface area contributed by atoms with Crippen LogP contribution in [0.15, 0.2) is 41.5 Å². The predicted molar refractivity (Wildman–Crippen MR) is 116 cm³/mol. The van der Waals surface area contributed by atoms with E-state index in [1.54, 1.807) is 24.3 Å². The summed E-state index contributed by atoms with van der Waals surface area (Å²) in [5.74, 6) is 3.63. The summed E-state index contributed by atoms with van der Waals surface area (Å²) in [5, 5.41) is 20.6. The summed E-state index contributed by atoms with van der Waals surface area (Å²) >= 11 is 6.26. The number of anilines is 1. The lowest BCUT2D eigenvalue weighted by Crippen LogP contribution is -2.39. The monoisotopic (exact) mass is 461 g/mol. The van der Waals surface area contributed by atoms with Gasteiger partial charge in [-0.2, -0.15) is 5.10 Å². The van der Waals surface area contributed by atoms with E-state index in [0.29, 0.717) is 28.3 Å². The molecule has 1 aliphatic rings. The van der Waals surface area contributed by atoms with Crippen LogP contribution in [-0.4, -0.2) is 42.6 Å². The van der Waals surface area contributed by atoms with Crippen LogP contribution in [0.25, 0.3) is 0 Å².